The molecule has 0 unspecified atom stereocenters. The van der Waals surface area contributed by atoms with Gasteiger partial charge in [0.25, 0.3) is 0 Å². The molecule has 0 aliphatic heterocycles. The second-order valence-corrected chi connectivity index (χ2v) is 6.08. The molecule has 0 radical (unpaired) electrons. The van der Waals surface area contributed by atoms with Crippen molar-refractivity contribution in [1.29, 1.82) is 0 Å². The molecule has 1 aromatic carbocycles. The largest absolute Gasteiger partial charge is 0.331 e. The van der Waals surface area contributed by atoms with E-state index in [1.165, 1.54) is 12.8 Å². The Hall–Kier alpha value is -1.84. The van der Waals surface area contributed by atoms with Crippen LogP contribution in [-0.2, 0) is 9.59 Å². The number of carbonyl (C=O) groups is 2. The molecule has 1 aromatic rings. The standard InChI is InChI=1S/C18H26N2O2/c1-15(21)20(17-12-6-3-4-7-13-17)14-18(22)19(2)16-10-8-5-9-11-16/h5,8-11,17H,3-4,6-7,12-14H2,1-2H3. The van der Waals surface area contributed by atoms with Gasteiger partial charge in [-0.15, -0.1) is 0 Å². The van der Waals surface area contributed by atoms with E-state index in [0.717, 1.165) is 31.4 Å². The van der Waals surface area contributed by atoms with Crippen LogP contribution in [0.2, 0.25) is 0 Å². The molecular weight excluding hydrogens is 276 g/mol. The third-order valence-electron chi connectivity index (χ3n) is 4.49. The van der Waals surface area contributed by atoms with Gasteiger partial charge < -0.3 is 9.80 Å². The van der Waals surface area contributed by atoms with Gasteiger partial charge in [0, 0.05) is 25.7 Å². The van der Waals surface area contributed by atoms with Gasteiger partial charge >= 0.3 is 0 Å². The maximum atomic E-state index is 12.5. The van der Waals surface area contributed by atoms with Crippen molar-refractivity contribution in [2.75, 3.05) is 18.5 Å². The molecule has 22 heavy (non-hydrogen) atoms. The quantitative estimate of drug-likeness (QED) is 0.801. The molecule has 0 N–H and O–H groups in total. The van der Waals surface area contributed by atoms with Gasteiger partial charge in [-0.25, -0.2) is 0 Å². The molecule has 4 heteroatoms. The predicted molar refractivity (Wildman–Crippen MR) is 88.7 cm³/mol. The van der Waals surface area contributed by atoms with Gasteiger partial charge in [0.05, 0.1) is 0 Å². The number of nitrogens with zero attached hydrogens (tertiary/aromatic N) is 2. The Bertz CT molecular complexity index is 493. The Morgan fingerprint density at radius 2 is 1.64 bits per heavy atom. The number of likely N-dealkylation sites (N-methyl/N-ethyl adjacent to an activating group) is 1. The van der Waals surface area contributed by atoms with Crippen LogP contribution in [0, 0.1) is 0 Å². The molecule has 0 aromatic heterocycles. The molecular formula is C18H26N2O2. The van der Waals surface area contributed by atoms with Crippen molar-refractivity contribution in [3.8, 4) is 0 Å². The van der Waals surface area contributed by atoms with Crippen molar-refractivity contribution in [2.45, 2.75) is 51.5 Å². The molecule has 0 heterocycles. The maximum absolute atomic E-state index is 12.5. The Morgan fingerprint density at radius 1 is 1.05 bits per heavy atom. The highest BCUT2D eigenvalue weighted by Crippen LogP contribution is 2.22. The van der Waals surface area contributed by atoms with E-state index < -0.39 is 0 Å². The van der Waals surface area contributed by atoms with Gasteiger partial charge in [0.1, 0.15) is 6.54 Å². The third-order valence-corrected chi connectivity index (χ3v) is 4.49. The summed E-state index contributed by atoms with van der Waals surface area (Å²) in [5, 5.41) is 0. The van der Waals surface area contributed by atoms with Crippen LogP contribution in [0.4, 0.5) is 5.69 Å². The van der Waals surface area contributed by atoms with Crippen LogP contribution in [0.5, 0.6) is 0 Å². The number of hydrogen-bond donors (Lipinski definition) is 0. The predicted octanol–water partition coefficient (Wildman–Crippen LogP) is 3.22. The summed E-state index contributed by atoms with van der Waals surface area (Å²) in [6.45, 7) is 1.74. The van der Waals surface area contributed by atoms with E-state index in [4.69, 9.17) is 0 Å². The maximum Gasteiger partial charge on any atom is 0.246 e. The number of amides is 2. The minimum atomic E-state index is -0.0364. The summed E-state index contributed by atoms with van der Waals surface area (Å²) in [7, 11) is 1.77. The molecule has 120 valence electrons. The van der Waals surface area contributed by atoms with E-state index in [1.54, 1.807) is 23.8 Å². The molecule has 0 saturated heterocycles. The highest BCUT2D eigenvalue weighted by Gasteiger charge is 2.25. The van der Waals surface area contributed by atoms with Crippen LogP contribution in [0.1, 0.15) is 45.4 Å². The van der Waals surface area contributed by atoms with Crippen molar-refractivity contribution in [2.24, 2.45) is 0 Å². The van der Waals surface area contributed by atoms with E-state index in [0.29, 0.717) is 0 Å². The molecule has 0 spiro atoms. The summed E-state index contributed by atoms with van der Waals surface area (Å²) in [5.74, 6) is -0.0349. The van der Waals surface area contributed by atoms with Crippen LogP contribution in [0.15, 0.2) is 30.3 Å². The Balaban J connectivity index is 2.03. The average Bonchev–Trinajstić information content (AvgIpc) is 2.81. The topological polar surface area (TPSA) is 40.6 Å². The number of rotatable bonds is 4. The molecule has 1 fully saturated rings. The van der Waals surface area contributed by atoms with Crippen LogP contribution in [-0.4, -0.2) is 36.3 Å². The Labute approximate surface area is 133 Å². The number of anilines is 1. The van der Waals surface area contributed by atoms with Gasteiger partial charge in [-0.3, -0.25) is 9.59 Å². The summed E-state index contributed by atoms with van der Waals surface area (Å²) in [4.78, 5) is 27.9. The lowest BCUT2D eigenvalue weighted by molar-refractivity contribution is -0.136. The van der Waals surface area contributed by atoms with E-state index in [2.05, 4.69) is 0 Å². The summed E-state index contributed by atoms with van der Waals surface area (Å²) in [6.07, 6.45) is 6.80. The number of benzene rings is 1. The zero-order valence-corrected chi connectivity index (χ0v) is 13.6. The lowest BCUT2D eigenvalue weighted by Crippen LogP contribution is -2.46. The SMILES string of the molecule is CC(=O)N(CC(=O)N(C)c1ccccc1)C1CCCCCC1. The third kappa shape index (κ3) is 4.33. The highest BCUT2D eigenvalue weighted by molar-refractivity contribution is 5.96. The second kappa shape index (κ2) is 7.97. The fourth-order valence-electron chi connectivity index (χ4n) is 3.11. The van der Waals surface area contributed by atoms with Gasteiger partial charge in [0.2, 0.25) is 11.8 Å². The first-order valence-electron chi connectivity index (χ1n) is 8.18. The Kier molecular flexibility index (Phi) is 5.99. The van der Waals surface area contributed by atoms with Crippen LogP contribution < -0.4 is 4.90 Å². The fourth-order valence-corrected chi connectivity index (χ4v) is 3.11. The second-order valence-electron chi connectivity index (χ2n) is 6.08. The summed E-state index contributed by atoms with van der Waals surface area (Å²) < 4.78 is 0. The molecule has 1 aliphatic carbocycles. The lowest BCUT2D eigenvalue weighted by Gasteiger charge is -2.31. The summed E-state index contributed by atoms with van der Waals surface area (Å²) in [5.41, 5.74) is 0.858. The lowest BCUT2D eigenvalue weighted by atomic mass is 10.1. The molecule has 1 saturated carbocycles. The van der Waals surface area contributed by atoms with Crippen molar-refractivity contribution in [3.05, 3.63) is 30.3 Å². The summed E-state index contributed by atoms with van der Waals surface area (Å²) >= 11 is 0. The number of para-hydroxylation sites is 1. The van der Waals surface area contributed by atoms with Crippen LogP contribution >= 0.6 is 0 Å². The minimum Gasteiger partial charge on any atom is -0.331 e. The van der Waals surface area contributed by atoms with Gasteiger partial charge in [-0.1, -0.05) is 43.9 Å². The first-order chi connectivity index (χ1) is 10.6. The van der Waals surface area contributed by atoms with Gasteiger partial charge in [0.15, 0.2) is 0 Å². The monoisotopic (exact) mass is 302 g/mol. The van der Waals surface area contributed by atoms with Crippen molar-refractivity contribution >= 4 is 17.5 Å². The zero-order chi connectivity index (χ0) is 15.9. The van der Waals surface area contributed by atoms with Crippen LogP contribution in [0.3, 0.4) is 0 Å². The average molecular weight is 302 g/mol. The molecule has 4 nitrogen and oxygen atoms in total. The molecule has 0 atom stereocenters. The smallest absolute Gasteiger partial charge is 0.246 e. The van der Waals surface area contributed by atoms with Crippen molar-refractivity contribution in [1.82, 2.24) is 4.90 Å². The zero-order valence-electron chi connectivity index (χ0n) is 13.6. The van der Waals surface area contributed by atoms with Gasteiger partial charge in [-0.2, -0.15) is 0 Å². The fraction of sp³-hybridized carbons (Fsp3) is 0.556. The highest BCUT2D eigenvalue weighted by atomic mass is 16.2. The first-order valence-corrected chi connectivity index (χ1v) is 8.18. The molecule has 0 bridgehead atoms. The van der Waals surface area contributed by atoms with E-state index in [9.17, 15) is 9.59 Å². The van der Waals surface area contributed by atoms with E-state index in [1.807, 2.05) is 30.3 Å². The van der Waals surface area contributed by atoms with Gasteiger partial charge in [-0.05, 0) is 25.0 Å². The molecule has 1 aliphatic rings. The first kappa shape index (κ1) is 16.5. The molecule has 2 amide bonds. The number of carbonyl (C=O) groups excluding carboxylic acids is 2. The number of hydrogen-bond acceptors (Lipinski definition) is 2. The Morgan fingerprint density at radius 3 is 2.18 bits per heavy atom. The van der Waals surface area contributed by atoms with Crippen LogP contribution in [0.25, 0.3) is 0 Å². The van der Waals surface area contributed by atoms with E-state index >= 15 is 0 Å². The summed E-state index contributed by atoms with van der Waals surface area (Å²) in [6, 6.07) is 9.77. The van der Waals surface area contributed by atoms with Crippen molar-refractivity contribution in [3.63, 3.8) is 0 Å². The van der Waals surface area contributed by atoms with Crippen molar-refractivity contribution < 1.29 is 9.59 Å². The molecule has 2 rings (SSSR count). The van der Waals surface area contributed by atoms with E-state index in [-0.39, 0.29) is 24.4 Å². The normalized spacial score (nSPS) is 15.9. The minimum absolute atomic E-state index is 0.00158.